The van der Waals surface area contributed by atoms with Gasteiger partial charge in [0, 0.05) is 24.4 Å². The normalized spacial score (nSPS) is 35.6. The van der Waals surface area contributed by atoms with Crippen molar-refractivity contribution in [3.8, 4) is 0 Å². The van der Waals surface area contributed by atoms with Crippen LogP contribution in [0.15, 0.2) is 0 Å². The zero-order valence-corrected chi connectivity index (χ0v) is 10.7. The van der Waals surface area contributed by atoms with Crippen LogP contribution in [0.25, 0.3) is 0 Å². The summed E-state index contributed by atoms with van der Waals surface area (Å²) in [5.74, 6) is 1.37. The first-order valence-electron chi connectivity index (χ1n) is 6.15. The van der Waals surface area contributed by atoms with Gasteiger partial charge in [-0.3, -0.25) is 0 Å². The van der Waals surface area contributed by atoms with Gasteiger partial charge in [0.2, 0.25) is 0 Å². The van der Waals surface area contributed by atoms with Gasteiger partial charge in [-0.25, -0.2) is 0 Å². The highest BCUT2D eigenvalue weighted by Crippen LogP contribution is 2.27. The lowest BCUT2D eigenvalue weighted by atomic mass is 9.94. The van der Waals surface area contributed by atoms with Crippen molar-refractivity contribution >= 4 is 11.8 Å². The molecule has 0 aromatic rings. The molecule has 2 saturated heterocycles. The molecule has 2 aliphatic heterocycles. The van der Waals surface area contributed by atoms with E-state index in [-0.39, 0.29) is 5.60 Å². The maximum Gasteiger partial charge on any atom is 0.0641 e. The fourth-order valence-corrected chi connectivity index (χ4v) is 3.72. The Morgan fingerprint density at radius 2 is 2.27 bits per heavy atom. The molecule has 0 spiro atoms. The van der Waals surface area contributed by atoms with E-state index < -0.39 is 0 Å². The predicted octanol–water partition coefficient (Wildman–Crippen LogP) is 2.43. The Labute approximate surface area is 97.5 Å². The highest BCUT2D eigenvalue weighted by atomic mass is 32.2. The molecule has 2 rings (SSSR count). The van der Waals surface area contributed by atoms with Crippen molar-refractivity contribution in [2.75, 3.05) is 18.9 Å². The van der Waals surface area contributed by atoms with E-state index >= 15 is 0 Å². The van der Waals surface area contributed by atoms with E-state index in [0.29, 0.717) is 6.04 Å². The SMILES string of the molecule is CC1(C)CC(NCC2CCCS2)CCO1. The van der Waals surface area contributed by atoms with Crippen molar-refractivity contribution in [3.05, 3.63) is 0 Å². The molecular formula is C12H23NOS. The number of hydrogen-bond acceptors (Lipinski definition) is 3. The van der Waals surface area contributed by atoms with E-state index in [1.807, 2.05) is 0 Å². The van der Waals surface area contributed by atoms with E-state index in [2.05, 4.69) is 30.9 Å². The summed E-state index contributed by atoms with van der Waals surface area (Å²) in [6.45, 7) is 6.52. The number of hydrogen-bond donors (Lipinski definition) is 1. The molecule has 2 nitrogen and oxygen atoms in total. The second kappa shape index (κ2) is 5.07. The summed E-state index contributed by atoms with van der Waals surface area (Å²) < 4.78 is 5.72. The first-order valence-corrected chi connectivity index (χ1v) is 7.19. The van der Waals surface area contributed by atoms with Crippen LogP contribution in [0.3, 0.4) is 0 Å². The zero-order chi connectivity index (χ0) is 10.7. The van der Waals surface area contributed by atoms with Crippen molar-refractivity contribution in [2.24, 2.45) is 0 Å². The van der Waals surface area contributed by atoms with Crippen molar-refractivity contribution in [2.45, 2.75) is 56.4 Å². The maximum atomic E-state index is 5.72. The van der Waals surface area contributed by atoms with Gasteiger partial charge in [0.05, 0.1) is 5.60 Å². The topological polar surface area (TPSA) is 21.3 Å². The summed E-state index contributed by atoms with van der Waals surface area (Å²) in [5, 5.41) is 4.59. The average Bonchev–Trinajstić information content (AvgIpc) is 2.65. The molecule has 2 heterocycles. The van der Waals surface area contributed by atoms with Gasteiger partial charge in [0.15, 0.2) is 0 Å². The van der Waals surface area contributed by atoms with Crippen LogP contribution in [0.2, 0.25) is 0 Å². The van der Waals surface area contributed by atoms with Crippen molar-refractivity contribution in [1.29, 1.82) is 0 Å². The third-order valence-electron chi connectivity index (χ3n) is 3.36. The number of ether oxygens (including phenoxy) is 1. The molecule has 0 aliphatic carbocycles. The molecule has 0 saturated carbocycles. The molecule has 3 heteroatoms. The second-order valence-corrected chi connectivity index (χ2v) is 6.75. The minimum Gasteiger partial charge on any atom is -0.375 e. The molecular weight excluding hydrogens is 206 g/mol. The third-order valence-corrected chi connectivity index (χ3v) is 4.75. The minimum absolute atomic E-state index is 0.0821. The summed E-state index contributed by atoms with van der Waals surface area (Å²) in [4.78, 5) is 0. The molecule has 2 aliphatic rings. The van der Waals surface area contributed by atoms with Gasteiger partial charge in [0.1, 0.15) is 0 Å². The third kappa shape index (κ3) is 3.65. The molecule has 88 valence electrons. The fourth-order valence-electron chi connectivity index (χ4n) is 2.51. The molecule has 1 N–H and O–H groups in total. The van der Waals surface area contributed by atoms with E-state index in [1.165, 1.54) is 31.6 Å². The Morgan fingerprint density at radius 3 is 2.93 bits per heavy atom. The van der Waals surface area contributed by atoms with E-state index in [1.54, 1.807) is 0 Å². The first kappa shape index (κ1) is 11.7. The van der Waals surface area contributed by atoms with Crippen LogP contribution in [0.1, 0.15) is 39.5 Å². The molecule has 0 bridgehead atoms. The fraction of sp³-hybridized carbons (Fsp3) is 1.00. The molecule has 15 heavy (non-hydrogen) atoms. The van der Waals surface area contributed by atoms with Gasteiger partial charge in [0.25, 0.3) is 0 Å². The van der Waals surface area contributed by atoms with Gasteiger partial charge in [-0.15, -0.1) is 0 Å². The average molecular weight is 229 g/mol. The summed E-state index contributed by atoms with van der Waals surface area (Å²) in [6, 6.07) is 0.676. The Hall–Kier alpha value is 0.270. The first-order chi connectivity index (χ1) is 7.16. The van der Waals surface area contributed by atoms with Gasteiger partial charge in [-0.2, -0.15) is 11.8 Å². The molecule has 2 unspecified atom stereocenters. The lowest BCUT2D eigenvalue weighted by Gasteiger charge is -2.36. The minimum atomic E-state index is 0.0821. The van der Waals surface area contributed by atoms with Gasteiger partial charge in [-0.1, -0.05) is 0 Å². The van der Waals surface area contributed by atoms with Crippen LogP contribution in [-0.4, -0.2) is 35.8 Å². The highest BCUT2D eigenvalue weighted by molar-refractivity contribution is 8.00. The van der Waals surface area contributed by atoms with Gasteiger partial charge < -0.3 is 10.1 Å². The molecule has 0 radical (unpaired) electrons. The van der Waals surface area contributed by atoms with Crippen molar-refractivity contribution in [1.82, 2.24) is 5.32 Å². The van der Waals surface area contributed by atoms with Crippen LogP contribution in [0.5, 0.6) is 0 Å². The molecule has 0 amide bonds. The number of rotatable bonds is 3. The van der Waals surface area contributed by atoms with Crippen LogP contribution in [0.4, 0.5) is 0 Å². The molecule has 0 aromatic heterocycles. The van der Waals surface area contributed by atoms with E-state index in [4.69, 9.17) is 4.74 Å². The van der Waals surface area contributed by atoms with Crippen LogP contribution < -0.4 is 5.32 Å². The van der Waals surface area contributed by atoms with E-state index in [9.17, 15) is 0 Å². The smallest absolute Gasteiger partial charge is 0.0641 e. The van der Waals surface area contributed by atoms with Crippen LogP contribution in [-0.2, 0) is 4.74 Å². The van der Waals surface area contributed by atoms with E-state index in [0.717, 1.165) is 18.3 Å². The Morgan fingerprint density at radius 1 is 1.40 bits per heavy atom. The quantitative estimate of drug-likeness (QED) is 0.803. The zero-order valence-electron chi connectivity index (χ0n) is 9.92. The van der Waals surface area contributed by atoms with Gasteiger partial charge >= 0.3 is 0 Å². The Balaban J connectivity index is 1.69. The summed E-state index contributed by atoms with van der Waals surface area (Å²) in [5.41, 5.74) is 0.0821. The summed E-state index contributed by atoms with van der Waals surface area (Å²) in [7, 11) is 0. The van der Waals surface area contributed by atoms with Gasteiger partial charge in [-0.05, 0) is 45.3 Å². The Kier molecular flexibility index (Phi) is 3.97. The molecule has 0 aromatic carbocycles. The maximum absolute atomic E-state index is 5.72. The van der Waals surface area contributed by atoms with Crippen LogP contribution >= 0.6 is 11.8 Å². The highest BCUT2D eigenvalue weighted by Gasteiger charge is 2.29. The number of nitrogens with one attached hydrogen (secondary N) is 1. The molecule has 2 atom stereocenters. The Bertz CT molecular complexity index is 202. The number of thioether (sulfide) groups is 1. The summed E-state index contributed by atoms with van der Waals surface area (Å²) in [6.07, 6.45) is 5.16. The van der Waals surface area contributed by atoms with Crippen molar-refractivity contribution in [3.63, 3.8) is 0 Å². The standard InChI is InChI=1S/C12H23NOS/c1-12(2)8-10(5-6-14-12)13-9-11-4-3-7-15-11/h10-11,13H,3-9H2,1-2H3. The monoisotopic (exact) mass is 229 g/mol. The summed E-state index contributed by atoms with van der Waals surface area (Å²) >= 11 is 2.14. The predicted molar refractivity (Wildman–Crippen MR) is 66.5 cm³/mol. The lowest BCUT2D eigenvalue weighted by molar-refractivity contribution is -0.0627. The largest absolute Gasteiger partial charge is 0.375 e. The molecule has 2 fully saturated rings. The van der Waals surface area contributed by atoms with Crippen molar-refractivity contribution < 1.29 is 4.74 Å². The van der Waals surface area contributed by atoms with Crippen LogP contribution in [0, 0.1) is 0 Å². The lowest BCUT2D eigenvalue weighted by Crippen LogP contribution is -2.45. The second-order valence-electron chi connectivity index (χ2n) is 5.34.